The first-order valence-electron chi connectivity index (χ1n) is 8.43. The average Bonchev–Trinajstić information content (AvgIpc) is 2.61. The Balaban J connectivity index is 2.05. The summed E-state index contributed by atoms with van der Waals surface area (Å²) in [6, 6.07) is 13.9. The van der Waals surface area contributed by atoms with Gasteiger partial charge in [-0.15, -0.1) is 0 Å². The highest BCUT2D eigenvalue weighted by molar-refractivity contribution is 5.95. The van der Waals surface area contributed by atoms with Gasteiger partial charge in [-0.1, -0.05) is 24.3 Å². The predicted molar refractivity (Wildman–Crippen MR) is 99.6 cm³/mol. The molecule has 2 aromatic carbocycles. The summed E-state index contributed by atoms with van der Waals surface area (Å²) in [6.45, 7) is 3.66. The molecule has 2 atom stereocenters. The number of rotatable bonds is 4. The van der Waals surface area contributed by atoms with Crippen LogP contribution >= 0.6 is 0 Å². The number of ether oxygens (including phenoxy) is 2. The number of para-hydroxylation sites is 3. The van der Waals surface area contributed by atoms with Gasteiger partial charge in [-0.2, -0.15) is 0 Å². The maximum Gasteiger partial charge on any atom is 0.224 e. The third kappa shape index (κ3) is 3.14. The zero-order chi connectivity index (χ0) is 18.0. The quantitative estimate of drug-likeness (QED) is 0.914. The van der Waals surface area contributed by atoms with E-state index in [1.807, 2.05) is 47.4 Å². The van der Waals surface area contributed by atoms with E-state index >= 15 is 0 Å². The minimum atomic E-state index is 0.0222. The molecule has 0 fully saturated rings. The van der Waals surface area contributed by atoms with Gasteiger partial charge in [0.15, 0.2) is 0 Å². The van der Waals surface area contributed by atoms with Crippen molar-refractivity contribution in [1.82, 2.24) is 0 Å². The Morgan fingerprint density at radius 3 is 2.44 bits per heavy atom. The third-order valence-corrected chi connectivity index (χ3v) is 4.66. The second-order valence-electron chi connectivity index (χ2n) is 6.27. The third-order valence-electron chi connectivity index (χ3n) is 4.66. The summed E-state index contributed by atoms with van der Waals surface area (Å²) in [7, 11) is 3.30. The smallest absolute Gasteiger partial charge is 0.224 e. The van der Waals surface area contributed by atoms with Crippen molar-refractivity contribution in [3.63, 3.8) is 0 Å². The lowest BCUT2D eigenvalue weighted by Crippen LogP contribution is -2.43. The fourth-order valence-electron chi connectivity index (χ4n) is 3.59. The molecule has 1 aliphatic rings. The van der Waals surface area contributed by atoms with Gasteiger partial charge in [0.1, 0.15) is 11.5 Å². The lowest BCUT2D eigenvalue weighted by molar-refractivity contribution is -0.117. The monoisotopic (exact) mass is 340 g/mol. The molecule has 0 aliphatic carbocycles. The van der Waals surface area contributed by atoms with Crippen molar-refractivity contribution in [2.24, 2.45) is 0 Å². The number of benzene rings is 2. The van der Waals surface area contributed by atoms with Gasteiger partial charge in [-0.25, -0.2) is 0 Å². The van der Waals surface area contributed by atoms with Crippen molar-refractivity contribution >= 4 is 17.3 Å². The summed E-state index contributed by atoms with van der Waals surface area (Å²) in [5.41, 5.74) is 2.84. The molecular formula is C20H24N2O3. The molecule has 0 aromatic heterocycles. The summed E-state index contributed by atoms with van der Waals surface area (Å²) in [5.74, 6) is 1.54. The molecule has 1 N–H and O–H groups in total. The molecule has 132 valence electrons. The van der Waals surface area contributed by atoms with Crippen LogP contribution in [0.4, 0.5) is 11.4 Å². The Labute approximate surface area is 148 Å². The summed E-state index contributed by atoms with van der Waals surface area (Å²) < 4.78 is 11.0. The van der Waals surface area contributed by atoms with E-state index in [0.29, 0.717) is 5.75 Å². The number of fused-ring (bicyclic) bond motifs is 1. The predicted octanol–water partition coefficient (Wildman–Crippen LogP) is 4.00. The summed E-state index contributed by atoms with van der Waals surface area (Å²) >= 11 is 0. The highest BCUT2D eigenvalue weighted by atomic mass is 16.5. The minimum absolute atomic E-state index is 0.0222. The summed E-state index contributed by atoms with van der Waals surface area (Å²) in [6.07, 6.45) is 0.803. The second-order valence-corrected chi connectivity index (χ2v) is 6.27. The normalized spacial score (nSPS) is 19.1. The van der Waals surface area contributed by atoms with Crippen LogP contribution in [0.2, 0.25) is 0 Å². The van der Waals surface area contributed by atoms with Crippen LogP contribution in [0.1, 0.15) is 31.9 Å². The maximum absolute atomic E-state index is 12.2. The first-order chi connectivity index (χ1) is 12.1. The molecule has 3 rings (SSSR count). The van der Waals surface area contributed by atoms with E-state index < -0.39 is 0 Å². The van der Waals surface area contributed by atoms with E-state index in [1.54, 1.807) is 21.1 Å². The van der Waals surface area contributed by atoms with Crippen LogP contribution < -0.4 is 19.7 Å². The Bertz CT molecular complexity index is 775. The van der Waals surface area contributed by atoms with Crippen molar-refractivity contribution < 1.29 is 14.3 Å². The van der Waals surface area contributed by atoms with E-state index in [0.717, 1.165) is 29.1 Å². The van der Waals surface area contributed by atoms with Gasteiger partial charge in [-0.05, 0) is 31.5 Å². The van der Waals surface area contributed by atoms with Gasteiger partial charge in [0, 0.05) is 18.5 Å². The van der Waals surface area contributed by atoms with Crippen LogP contribution in [0.25, 0.3) is 0 Å². The number of carbonyl (C=O) groups excluding carboxylic acids is 1. The van der Waals surface area contributed by atoms with Crippen LogP contribution in [-0.2, 0) is 4.79 Å². The number of anilines is 2. The first-order valence-corrected chi connectivity index (χ1v) is 8.43. The topological polar surface area (TPSA) is 50.8 Å². The standard InChI is InChI=1S/C20H24N2O3/c1-13-12-17(21-16-9-5-6-10-18(16)24-3)15-8-7-11-19(25-4)20(15)22(13)14(2)23/h5-11,13,17,21H,12H2,1-4H3/t13-,17+/m1/s1. The number of hydrogen-bond donors (Lipinski definition) is 1. The molecule has 5 heteroatoms. The van der Waals surface area contributed by atoms with Gasteiger partial charge in [0.25, 0.3) is 0 Å². The SMILES string of the molecule is COc1ccccc1N[C@H]1C[C@@H](C)N(C(C)=O)c2c(OC)cccc21. The average molecular weight is 340 g/mol. The van der Waals surface area contributed by atoms with Gasteiger partial charge in [0.05, 0.1) is 31.6 Å². The summed E-state index contributed by atoms with van der Waals surface area (Å²) in [5, 5.41) is 3.58. The minimum Gasteiger partial charge on any atom is -0.495 e. The molecule has 0 saturated heterocycles. The molecule has 1 heterocycles. The van der Waals surface area contributed by atoms with Gasteiger partial charge in [-0.3, -0.25) is 4.79 Å². The van der Waals surface area contributed by atoms with Gasteiger partial charge < -0.3 is 19.7 Å². The fourth-order valence-corrected chi connectivity index (χ4v) is 3.59. The first kappa shape index (κ1) is 17.1. The largest absolute Gasteiger partial charge is 0.495 e. The number of nitrogens with one attached hydrogen (secondary N) is 1. The molecule has 0 unspecified atom stereocenters. The number of carbonyl (C=O) groups is 1. The Morgan fingerprint density at radius 2 is 1.76 bits per heavy atom. The lowest BCUT2D eigenvalue weighted by Gasteiger charge is -2.40. The van der Waals surface area contributed by atoms with Crippen LogP contribution in [0.3, 0.4) is 0 Å². The van der Waals surface area contributed by atoms with E-state index in [-0.39, 0.29) is 18.0 Å². The zero-order valence-corrected chi connectivity index (χ0v) is 15.1. The number of methoxy groups -OCH3 is 2. The fraction of sp³-hybridized carbons (Fsp3) is 0.350. The molecule has 0 bridgehead atoms. The highest BCUT2D eigenvalue weighted by Gasteiger charge is 2.34. The van der Waals surface area contributed by atoms with E-state index in [9.17, 15) is 4.79 Å². The van der Waals surface area contributed by atoms with E-state index in [4.69, 9.17) is 9.47 Å². The molecule has 0 radical (unpaired) electrons. The van der Waals surface area contributed by atoms with Crippen LogP contribution in [-0.4, -0.2) is 26.2 Å². The van der Waals surface area contributed by atoms with Gasteiger partial charge in [0.2, 0.25) is 5.91 Å². The number of nitrogens with zero attached hydrogens (tertiary/aromatic N) is 1. The van der Waals surface area contributed by atoms with Gasteiger partial charge >= 0.3 is 0 Å². The molecule has 0 saturated carbocycles. The molecule has 5 nitrogen and oxygen atoms in total. The van der Waals surface area contributed by atoms with Crippen LogP contribution in [0.5, 0.6) is 11.5 Å². The molecule has 2 aromatic rings. The highest BCUT2D eigenvalue weighted by Crippen LogP contribution is 2.44. The van der Waals surface area contributed by atoms with Crippen LogP contribution in [0, 0.1) is 0 Å². The molecule has 1 aliphatic heterocycles. The van der Waals surface area contributed by atoms with Crippen LogP contribution in [0.15, 0.2) is 42.5 Å². The van der Waals surface area contributed by atoms with Crippen molar-refractivity contribution in [1.29, 1.82) is 0 Å². The molecule has 25 heavy (non-hydrogen) atoms. The summed E-state index contributed by atoms with van der Waals surface area (Å²) in [4.78, 5) is 14.1. The second kappa shape index (κ2) is 7.05. The molecular weight excluding hydrogens is 316 g/mol. The lowest BCUT2D eigenvalue weighted by atomic mass is 9.90. The maximum atomic E-state index is 12.2. The molecule has 1 amide bonds. The molecule has 0 spiro atoms. The Kier molecular flexibility index (Phi) is 4.83. The zero-order valence-electron chi connectivity index (χ0n) is 15.1. The van der Waals surface area contributed by atoms with E-state index in [1.165, 1.54) is 0 Å². The van der Waals surface area contributed by atoms with Crippen molar-refractivity contribution in [3.05, 3.63) is 48.0 Å². The Morgan fingerprint density at radius 1 is 1.08 bits per heavy atom. The van der Waals surface area contributed by atoms with Crippen molar-refractivity contribution in [2.45, 2.75) is 32.4 Å². The van der Waals surface area contributed by atoms with E-state index in [2.05, 4.69) is 12.2 Å². The number of amides is 1. The van der Waals surface area contributed by atoms with Crippen molar-refractivity contribution in [2.75, 3.05) is 24.4 Å². The Hall–Kier alpha value is -2.69. The van der Waals surface area contributed by atoms with Crippen molar-refractivity contribution in [3.8, 4) is 11.5 Å². The number of hydrogen-bond acceptors (Lipinski definition) is 4.